The zero-order valence-electron chi connectivity index (χ0n) is 13.1. The fourth-order valence-electron chi connectivity index (χ4n) is 2.81. The van der Waals surface area contributed by atoms with Crippen LogP contribution < -0.4 is 5.32 Å². The molecule has 0 fully saturated rings. The number of carbonyl (C=O) groups is 1. The van der Waals surface area contributed by atoms with Crippen LogP contribution in [0.25, 0.3) is 0 Å². The smallest absolute Gasteiger partial charge is 0.318 e. The van der Waals surface area contributed by atoms with Crippen LogP contribution in [-0.2, 0) is 19.5 Å². The number of hydrogen-bond acceptors (Lipinski definition) is 2. The lowest BCUT2D eigenvalue weighted by molar-refractivity contribution is 0.189. The van der Waals surface area contributed by atoms with Crippen molar-refractivity contribution in [2.45, 2.75) is 39.4 Å². The average molecular weight is 298 g/mol. The molecule has 0 saturated carbocycles. The summed E-state index contributed by atoms with van der Waals surface area (Å²) in [5.41, 5.74) is 3.40. The summed E-state index contributed by atoms with van der Waals surface area (Å²) >= 11 is 0. The maximum Gasteiger partial charge on any atom is 0.318 e. The van der Waals surface area contributed by atoms with Crippen LogP contribution in [0.4, 0.5) is 4.79 Å². The van der Waals surface area contributed by atoms with Crippen LogP contribution in [-0.4, -0.2) is 27.0 Å². The first-order valence-corrected chi connectivity index (χ1v) is 7.76. The molecule has 0 spiro atoms. The molecule has 1 aromatic carbocycles. The molecule has 5 nitrogen and oxygen atoms in total. The molecular formula is C17H22N4O. The Labute approximate surface area is 131 Å². The molecule has 0 radical (unpaired) electrons. The van der Waals surface area contributed by atoms with Gasteiger partial charge in [-0.05, 0) is 19.4 Å². The van der Waals surface area contributed by atoms with Gasteiger partial charge in [-0.15, -0.1) is 0 Å². The van der Waals surface area contributed by atoms with Gasteiger partial charge >= 0.3 is 6.03 Å². The number of amides is 2. The van der Waals surface area contributed by atoms with Crippen LogP contribution in [0.3, 0.4) is 0 Å². The summed E-state index contributed by atoms with van der Waals surface area (Å²) in [4.78, 5) is 18.7. The van der Waals surface area contributed by atoms with Crippen molar-refractivity contribution in [3.8, 4) is 0 Å². The van der Waals surface area contributed by atoms with E-state index in [1.807, 2.05) is 41.6 Å². The average Bonchev–Trinajstić information content (AvgIpc) is 2.96. The number of nitrogens with zero attached hydrogens (tertiary/aromatic N) is 3. The zero-order valence-corrected chi connectivity index (χ0v) is 13.1. The van der Waals surface area contributed by atoms with E-state index in [1.54, 1.807) is 0 Å². The van der Waals surface area contributed by atoms with Crippen molar-refractivity contribution in [3.63, 3.8) is 0 Å². The highest BCUT2D eigenvalue weighted by atomic mass is 16.2. The minimum Gasteiger partial charge on any atom is -0.334 e. The first kappa shape index (κ1) is 14.6. The third-order valence-corrected chi connectivity index (χ3v) is 4.07. The standard InChI is InChI=1S/C17H22N4O/c1-13(2)21-12-19-15-8-9-20(11-16(15)21)17(22)18-10-14-6-4-3-5-7-14/h3-7,12-13H,8-11H2,1-2H3,(H,18,22). The SMILES string of the molecule is CC(C)n1cnc2c1CN(C(=O)NCc1ccccc1)CC2. The van der Waals surface area contributed by atoms with Crippen LogP contribution >= 0.6 is 0 Å². The maximum atomic E-state index is 12.4. The number of rotatable bonds is 3. The summed E-state index contributed by atoms with van der Waals surface area (Å²) in [6, 6.07) is 10.3. The quantitative estimate of drug-likeness (QED) is 0.947. The summed E-state index contributed by atoms with van der Waals surface area (Å²) in [5, 5.41) is 3.00. The molecule has 2 aromatic rings. The second-order valence-corrected chi connectivity index (χ2v) is 5.95. The molecule has 1 aromatic heterocycles. The van der Waals surface area contributed by atoms with E-state index in [1.165, 1.54) is 0 Å². The molecule has 22 heavy (non-hydrogen) atoms. The summed E-state index contributed by atoms with van der Waals surface area (Å²) in [5.74, 6) is 0. The highest BCUT2D eigenvalue weighted by Crippen LogP contribution is 2.21. The predicted octanol–water partition coefficient (Wildman–Crippen LogP) is 2.73. The fourth-order valence-corrected chi connectivity index (χ4v) is 2.81. The number of fused-ring (bicyclic) bond motifs is 1. The first-order valence-electron chi connectivity index (χ1n) is 7.76. The second kappa shape index (κ2) is 6.22. The molecular weight excluding hydrogens is 276 g/mol. The van der Waals surface area contributed by atoms with Gasteiger partial charge in [0, 0.05) is 25.6 Å². The topological polar surface area (TPSA) is 50.2 Å². The first-order chi connectivity index (χ1) is 10.6. The van der Waals surface area contributed by atoms with Gasteiger partial charge in [-0.2, -0.15) is 0 Å². The van der Waals surface area contributed by atoms with Crippen molar-refractivity contribution in [1.82, 2.24) is 19.8 Å². The van der Waals surface area contributed by atoms with Crippen molar-refractivity contribution >= 4 is 6.03 Å². The lowest BCUT2D eigenvalue weighted by Gasteiger charge is -2.28. The van der Waals surface area contributed by atoms with Gasteiger partial charge in [0.2, 0.25) is 0 Å². The monoisotopic (exact) mass is 298 g/mol. The van der Waals surface area contributed by atoms with E-state index in [2.05, 4.69) is 28.7 Å². The van der Waals surface area contributed by atoms with Crippen LogP contribution in [0.2, 0.25) is 0 Å². The Morgan fingerprint density at radius 3 is 2.82 bits per heavy atom. The Hall–Kier alpha value is -2.30. The van der Waals surface area contributed by atoms with E-state index in [-0.39, 0.29) is 6.03 Å². The highest BCUT2D eigenvalue weighted by molar-refractivity contribution is 5.74. The lowest BCUT2D eigenvalue weighted by Crippen LogP contribution is -2.43. The number of urea groups is 1. The van der Waals surface area contributed by atoms with E-state index in [0.717, 1.165) is 29.9 Å². The molecule has 0 saturated heterocycles. The minimum absolute atomic E-state index is 0.00832. The van der Waals surface area contributed by atoms with Crippen molar-refractivity contribution in [3.05, 3.63) is 53.6 Å². The second-order valence-electron chi connectivity index (χ2n) is 5.95. The summed E-state index contributed by atoms with van der Waals surface area (Å²) in [6.45, 7) is 6.19. The third kappa shape index (κ3) is 2.98. The molecule has 1 N–H and O–H groups in total. The number of carbonyl (C=O) groups excluding carboxylic acids is 1. The largest absolute Gasteiger partial charge is 0.334 e. The van der Waals surface area contributed by atoms with Gasteiger partial charge in [-0.1, -0.05) is 30.3 Å². The van der Waals surface area contributed by atoms with Crippen LogP contribution in [0, 0.1) is 0 Å². The number of benzene rings is 1. The number of nitrogens with one attached hydrogen (secondary N) is 1. The number of imidazole rings is 1. The Kier molecular flexibility index (Phi) is 4.13. The summed E-state index contributed by atoms with van der Waals surface area (Å²) in [7, 11) is 0. The molecule has 0 aliphatic carbocycles. The van der Waals surface area contributed by atoms with Gasteiger partial charge in [-0.25, -0.2) is 9.78 Å². The predicted molar refractivity (Wildman–Crippen MR) is 85.4 cm³/mol. The Morgan fingerprint density at radius 1 is 1.32 bits per heavy atom. The van der Waals surface area contributed by atoms with Gasteiger partial charge in [0.25, 0.3) is 0 Å². The normalized spacial score (nSPS) is 14.0. The van der Waals surface area contributed by atoms with E-state index >= 15 is 0 Å². The number of hydrogen-bond donors (Lipinski definition) is 1. The van der Waals surface area contributed by atoms with E-state index in [0.29, 0.717) is 19.1 Å². The zero-order chi connectivity index (χ0) is 15.5. The molecule has 0 unspecified atom stereocenters. The van der Waals surface area contributed by atoms with Crippen LogP contribution in [0.1, 0.15) is 36.8 Å². The number of aromatic nitrogens is 2. The third-order valence-electron chi connectivity index (χ3n) is 4.07. The fraction of sp³-hybridized carbons (Fsp3) is 0.412. The van der Waals surface area contributed by atoms with Gasteiger partial charge in [0.1, 0.15) is 0 Å². The van der Waals surface area contributed by atoms with Crippen LogP contribution in [0.5, 0.6) is 0 Å². The van der Waals surface area contributed by atoms with Gasteiger partial charge in [-0.3, -0.25) is 0 Å². The van der Waals surface area contributed by atoms with Crippen molar-refractivity contribution in [2.24, 2.45) is 0 Å². The molecule has 116 valence electrons. The summed E-state index contributed by atoms with van der Waals surface area (Å²) in [6.07, 6.45) is 2.72. The molecule has 2 heterocycles. The van der Waals surface area contributed by atoms with E-state index < -0.39 is 0 Å². The maximum absolute atomic E-state index is 12.4. The Morgan fingerprint density at radius 2 is 2.09 bits per heavy atom. The molecule has 2 amide bonds. The van der Waals surface area contributed by atoms with Crippen molar-refractivity contribution in [2.75, 3.05) is 6.54 Å². The minimum atomic E-state index is -0.00832. The molecule has 5 heteroatoms. The van der Waals surface area contributed by atoms with E-state index in [4.69, 9.17) is 0 Å². The van der Waals surface area contributed by atoms with Gasteiger partial charge in [0.05, 0.1) is 24.3 Å². The lowest BCUT2D eigenvalue weighted by atomic mass is 10.1. The summed E-state index contributed by atoms with van der Waals surface area (Å²) < 4.78 is 2.16. The molecule has 0 bridgehead atoms. The van der Waals surface area contributed by atoms with Crippen molar-refractivity contribution < 1.29 is 4.79 Å². The molecule has 0 atom stereocenters. The van der Waals surface area contributed by atoms with Crippen LogP contribution in [0.15, 0.2) is 36.7 Å². The molecule has 3 rings (SSSR count). The van der Waals surface area contributed by atoms with Crippen molar-refractivity contribution in [1.29, 1.82) is 0 Å². The van der Waals surface area contributed by atoms with E-state index in [9.17, 15) is 4.79 Å². The molecule has 1 aliphatic rings. The Balaban J connectivity index is 1.64. The highest BCUT2D eigenvalue weighted by Gasteiger charge is 2.24. The van der Waals surface area contributed by atoms with Gasteiger partial charge < -0.3 is 14.8 Å². The van der Waals surface area contributed by atoms with Gasteiger partial charge in [0.15, 0.2) is 0 Å². The Bertz CT molecular complexity index is 648. The molecule has 1 aliphatic heterocycles.